The van der Waals surface area contributed by atoms with Gasteiger partial charge in [0, 0.05) is 5.56 Å². The summed E-state index contributed by atoms with van der Waals surface area (Å²) >= 11 is 0. The SMILES string of the molecule is CCOc1ccc(C=NNc2nc(-c3ccccc3)c(C#N)c(=O)[nH]2)cc1C(F)(F)F. The summed E-state index contributed by atoms with van der Waals surface area (Å²) in [7, 11) is 0. The second-order valence-electron chi connectivity index (χ2n) is 6.17. The Morgan fingerprint density at radius 2 is 2.00 bits per heavy atom. The first-order valence-corrected chi connectivity index (χ1v) is 9.06. The molecule has 0 aliphatic carbocycles. The minimum atomic E-state index is -4.59. The highest BCUT2D eigenvalue weighted by Gasteiger charge is 2.34. The van der Waals surface area contributed by atoms with Gasteiger partial charge < -0.3 is 4.74 Å². The number of alkyl halides is 3. The number of halogens is 3. The van der Waals surface area contributed by atoms with Crippen LogP contribution in [0.2, 0.25) is 0 Å². The highest BCUT2D eigenvalue weighted by Crippen LogP contribution is 2.36. The highest BCUT2D eigenvalue weighted by atomic mass is 19.4. The average molecular weight is 427 g/mol. The molecular weight excluding hydrogens is 411 g/mol. The maximum absolute atomic E-state index is 13.2. The third-order valence-corrected chi connectivity index (χ3v) is 4.07. The van der Waals surface area contributed by atoms with E-state index in [-0.39, 0.29) is 35.1 Å². The fourth-order valence-corrected chi connectivity index (χ4v) is 2.73. The Balaban J connectivity index is 1.89. The molecule has 158 valence electrons. The maximum atomic E-state index is 13.2. The Morgan fingerprint density at radius 1 is 1.26 bits per heavy atom. The van der Waals surface area contributed by atoms with Crippen LogP contribution in [-0.2, 0) is 6.18 Å². The molecule has 2 N–H and O–H groups in total. The number of nitrogens with one attached hydrogen (secondary N) is 2. The van der Waals surface area contributed by atoms with Crippen LogP contribution in [0.3, 0.4) is 0 Å². The zero-order chi connectivity index (χ0) is 22.4. The molecule has 3 rings (SSSR count). The highest BCUT2D eigenvalue weighted by molar-refractivity contribution is 5.81. The van der Waals surface area contributed by atoms with Gasteiger partial charge in [-0.3, -0.25) is 9.78 Å². The van der Waals surface area contributed by atoms with Crippen LogP contribution >= 0.6 is 0 Å². The van der Waals surface area contributed by atoms with Crippen molar-refractivity contribution in [3.05, 3.63) is 75.6 Å². The summed E-state index contributed by atoms with van der Waals surface area (Å²) in [4.78, 5) is 18.8. The van der Waals surface area contributed by atoms with Gasteiger partial charge in [-0.05, 0) is 30.7 Å². The predicted octanol–water partition coefficient (Wildman–Crippen LogP) is 4.17. The molecule has 0 saturated heterocycles. The van der Waals surface area contributed by atoms with E-state index in [0.717, 1.165) is 12.3 Å². The molecule has 0 aliphatic rings. The minimum Gasteiger partial charge on any atom is -0.493 e. The van der Waals surface area contributed by atoms with Gasteiger partial charge >= 0.3 is 6.18 Å². The summed E-state index contributed by atoms with van der Waals surface area (Å²) in [5.41, 5.74) is 1.58. The molecule has 0 aliphatic heterocycles. The van der Waals surface area contributed by atoms with Gasteiger partial charge in [0.1, 0.15) is 17.4 Å². The minimum absolute atomic E-state index is 0.0684. The number of anilines is 1. The molecule has 0 fully saturated rings. The van der Waals surface area contributed by atoms with Crippen molar-refractivity contribution < 1.29 is 17.9 Å². The number of aromatic nitrogens is 2. The number of benzene rings is 2. The van der Waals surface area contributed by atoms with Crippen molar-refractivity contribution in [2.24, 2.45) is 5.10 Å². The van der Waals surface area contributed by atoms with E-state index in [2.05, 4.69) is 20.5 Å². The number of hydrogen-bond donors (Lipinski definition) is 2. The number of rotatable bonds is 6. The number of nitrogens with zero attached hydrogens (tertiary/aromatic N) is 3. The van der Waals surface area contributed by atoms with Crippen LogP contribution in [0.4, 0.5) is 19.1 Å². The van der Waals surface area contributed by atoms with E-state index in [4.69, 9.17) is 4.74 Å². The molecule has 2 aromatic carbocycles. The Morgan fingerprint density at radius 3 is 2.65 bits per heavy atom. The van der Waals surface area contributed by atoms with Crippen molar-refractivity contribution in [3.8, 4) is 23.1 Å². The van der Waals surface area contributed by atoms with Crippen molar-refractivity contribution >= 4 is 12.2 Å². The first-order valence-electron chi connectivity index (χ1n) is 9.06. The average Bonchev–Trinajstić information content (AvgIpc) is 2.74. The van der Waals surface area contributed by atoms with Gasteiger partial charge in [0.05, 0.1) is 24.1 Å². The lowest BCUT2D eigenvalue weighted by Crippen LogP contribution is -2.16. The largest absolute Gasteiger partial charge is 0.493 e. The summed E-state index contributed by atoms with van der Waals surface area (Å²) in [6.45, 7) is 1.69. The van der Waals surface area contributed by atoms with Gasteiger partial charge in [-0.2, -0.15) is 23.5 Å². The number of ether oxygens (including phenoxy) is 1. The second kappa shape index (κ2) is 9.13. The van der Waals surface area contributed by atoms with Gasteiger partial charge in [0.15, 0.2) is 0 Å². The lowest BCUT2D eigenvalue weighted by molar-refractivity contribution is -0.138. The summed E-state index contributed by atoms with van der Waals surface area (Å²) in [5.74, 6) is -0.341. The number of nitriles is 1. The topological polar surface area (TPSA) is 103 Å². The molecule has 31 heavy (non-hydrogen) atoms. The maximum Gasteiger partial charge on any atom is 0.419 e. The molecule has 1 aromatic heterocycles. The Bertz CT molecular complexity index is 1200. The lowest BCUT2D eigenvalue weighted by atomic mass is 10.1. The number of aromatic amines is 1. The molecule has 0 spiro atoms. The summed E-state index contributed by atoms with van der Waals surface area (Å²) in [6.07, 6.45) is -3.45. The monoisotopic (exact) mass is 427 g/mol. The van der Waals surface area contributed by atoms with E-state index in [1.165, 1.54) is 12.1 Å². The lowest BCUT2D eigenvalue weighted by Gasteiger charge is -2.13. The number of hydrogen-bond acceptors (Lipinski definition) is 6. The summed E-state index contributed by atoms with van der Waals surface area (Å²) in [6, 6.07) is 14.0. The number of hydrazone groups is 1. The van der Waals surface area contributed by atoms with E-state index in [0.29, 0.717) is 5.56 Å². The normalized spacial score (nSPS) is 11.3. The molecule has 0 atom stereocenters. The molecule has 0 saturated carbocycles. The standard InChI is InChI=1S/C21H16F3N5O2/c1-2-31-17-9-8-13(10-16(17)21(22,23)24)12-26-29-20-27-18(14-6-4-3-5-7-14)15(11-25)19(30)28-20/h3-10,12H,2H2,1H3,(H2,27,28,29,30). The fourth-order valence-electron chi connectivity index (χ4n) is 2.73. The molecule has 0 amide bonds. The van der Waals surface area contributed by atoms with Crippen LogP contribution in [-0.4, -0.2) is 22.8 Å². The van der Waals surface area contributed by atoms with Crippen molar-refractivity contribution in [3.63, 3.8) is 0 Å². The van der Waals surface area contributed by atoms with Gasteiger partial charge in [0.2, 0.25) is 5.95 Å². The van der Waals surface area contributed by atoms with Crippen molar-refractivity contribution in [1.82, 2.24) is 9.97 Å². The zero-order valence-corrected chi connectivity index (χ0v) is 16.2. The van der Waals surface area contributed by atoms with Crippen LogP contribution in [0.5, 0.6) is 5.75 Å². The molecule has 1 heterocycles. The zero-order valence-electron chi connectivity index (χ0n) is 16.2. The molecule has 10 heteroatoms. The third kappa shape index (κ3) is 5.08. The molecule has 7 nitrogen and oxygen atoms in total. The van der Waals surface area contributed by atoms with E-state index >= 15 is 0 Å². The van der Waals surface area contributed by atoms with Gasteiger partial charge in [-0.15, -0.1) is 0 Å². The van der Waals surface area contributed by atoms with Gasteiger partial charge in [-0.25, -0.2) is 10.4 Å². The molecular formula is C21H16F3N5O2. The predicted molar refractivity (Wildman–Crippen MR) is 109 cm³/mol. The van der Waals surface area contributed by atoms with Crippen molar-refractivity contribution in [2.45, 2.75) is 13.1 Å². The van der Waals surface area contributed by atoms with Gasteiger partial charge in [-0.1, -0.05) is 30.3 Å². The number of H-pyrrole nitrogens is 1. The van der Waals surface area contributed by atoms with Crippen LogP contribution in [0.25, 0.3) is 11.3 Å². The Kier molecular flexibility index (Phi) is 6.35. The Labute approximate surface area is 174 Å². The first-order chi connectivity index (χ1) is 14.8. The van der Waals surface area contributed by atoms with Crippen LogP contribution in [0.1, 0.15) is 23.6 Å². The van der Waals surface area contributed by atoms with E-state index in [9.17, 15) is 23.2 Å². The smallest absolute Gasteiger partial charge is 0.419 e. The quantitative estimate of drug-likeness (QED) is 0.454. The fraction of sp³-hybridized carbons (Fsp3) is 0.143. The summed E-state index contributed by atoms with van der Waals surface area (Å²) in [5, 5.41) is 13.1. The first kappa shape index (κ1) is 21.6. The molecule has 0 bridgehead atoms. The summed E-state index contributed by atoms with van der Waals surface area (Å²) < 4.78 is 44.8. The van der Waals surface area contributed by atoms with Crippen molar-refractivity contribution in [1.29, 1.82) is 5.26 Å². The molecule has 0 radical (unpaired) electrons. The Hall–Kier alpha value is -4.13. The van der Waals surface area contributed by atoms with Gasteiger partial charge in [0.25, 0.3) is 5.56 Å². The second-order valence-corrected chi connectivity index (χ2v) is 6.17. The van der Waals surface area contributed by atoms with Crippen LogP contribution < -0.4 is 15.7 Å². The van der Waals surface area contributed by atoms with E-state index in [1.54, 1.807) is 37.3 Å². The van der Waals surface area contributed by atoms with Crippen LogP contribution in [0.15, 0.2) is 58.4 Å². The molecule has 0 unspecified atom stereocenters. The van der Waals surface area contributed by atoms with E-state index in [1.807, 2.05) is 6.07 Å². The van der Waals surface area contributed by atoms with E-state index < -0.39 is 17.3 Å². The molecule has 3 aromatic rings. The van der Waals surface area contributed by atoms with Crippen molar-refractivity contribution in [2.75, 3.05) is 12.0 Å². The third-order valence-electron chi connectivity index (χ3n) is 4.07. The van der Waals surface area contributed by atoms with Crippen LogP contribution in [0, 0.1) is 11.3 Å².